The molecule has 0 fully saturated rings. The van der Waals surface area contributed by atoms with Gasteiger partial charge in [0, 0.05) is 29.2 Å². The minimum absolute atomic E-state index is 0. The molecule has 6 nitrogen and oxygen atoms in total. The lowest BCUT2D eigenvalue weighted by Crippen LogP contribution is -2.43. The molecule has 2 N–H and O–H groups in total. The van der Waals surface area contributed by atoms with Crippen molar-refractivity contribution in [1.29, 1.82) is 0 Å². The van der Waals surface area contributed by atoms with Crippen molar-refractivity contribution in [1.82, 2.24) is 25.2 Å². The molecule has 1 aromatic carbocycles. The van der Waals surface area contributed by atoms with Crippen molar-refractivity contribution in [3.8, 4) is 0 Å². The minimum Gasteiger partial charge on any atom is -0.357 e. The van der Waals surface area contributed by atoms with Gasteiger partial charge in [0.05, 0.1) is 0 Å². The average Bonchev–Trinajstić information content (AvgIpc) is 3.07. The van der Waals surface area contributed by atoms with Gasteiger partial charge in [-0.15, -0.1) is 34.2 Å². The summed E-state index contributed by atoms with van der Waals surface area (Å²) in [7, 11) is 0. The Morgan fingerprint density at radius 2 is 1.86 bits per heavy atom. The van der Waals surface area contributed by atoms with E-state index in [-0.39, 0.29) is 29.4 Å². The predicted octanol–water partition coefficient (Wildman–Crippen LogP) is 4.14. The maximum atomic E-state index is 4.68. The van der Waals surface area contributed by atoms with Crippen LogP contribution in [0.25, 0.3) is 5.65 Å². The number of benzene rings is 1. The van der Waals surface area contributed by atoms with Gasteiger partial charge in [-0.1, -0.05) is 54.0 Å². The van der Waals surface area contributed by atoms with Crippen LogP contribution >= 0.6 is 39.9 Å². The van der Waals surface area contributed by atoms with Crippen LogP contribution in [0.15, 0.2) is 58.1 Å². The molecule has 0 spiro atoms. The molecule has 0 aliphatic carbocycles. The van der Waals surface area contributed by atoms with Crippen LogP contribution in [-0.2, 0) is 12.0 Å². The van der Waals surface area contributed by atoms with Crippen LogP contribution in [0.1, 0.15) is 32.2 Å². The monoisotopic (exact) mass is 556 g/mol. The number of pyridine rings is 1. The van der Waals surface area contributed by atoms with Crippen molar-refractivity contribution in [2.75, 3.05) is 13.1 Å². The molecular weight excluding hydrogens is 531 g/mol. The Kier molecular flexibility index (Phi) is 8.23. The fourth-order valence-electron chi connectivity index (χ4n) is 2.90. The summed E-state index contributed by atoms with van der Waals surface area (Å²) in [4.78, 5) is 4.68. The number of nitrogens with zero attached hydrogens (tertiary/aromatic N) is 4. The van der Waals surface area contributed by atoms with Gasteiger partial charge in [0.1, 0.15) is 6.54 Å². The lowest BCUT2D eigenvalue weighted by Gasteiger charge is -2.27. The molecule has 150 valence electrons. The van der Waals surface area contributed by atoms with E-state index >= 15 is 0 Å². The maximum Gasteiger partial charge on any atom is 0.191 e. The van der Waals surface area contributed by atoms with Gasteiger partial charge in [-0.05, 0) is 30.7 Å². The summed E-state index contributed by atoms with van der Waals surface area (Å²) in [6.07, 6.45) is 1.95. The van der Waals surface area contributed by atoms with Crippen LogP contribution in [0.5, 0.6) is 0 Å². The zero-order chi connectivity index (χ0) is 19.3. The van der Waals surface area contributed by atoms with Crippen LogP contribution in [0.3, 0.4) is 0 Å². The largest absolute Gasteiger partial charge is 0.357 e. The Morgan fingerprint density at radius 3 is 2.61 bits per heavy atom. The van der Waals surface area contributed by atoms with Crippen LogP contribution in [-0.4, -0.2) is 33.6 Å². The van der Waals surface area contributed by atoms with Gasteiger partial charge in [-0.25, -0.2) is 4.99 Å². The molecule has 0 atom stereocenters. The number of aliphatic imine (C=N–C) groups is 1. The Balaban J connectivity index is 0.00000280. The number of guanidine groups is 1. The molecule has 0 bridgehead atoms. The normalized spacial score (nSPS) is 11.9. The summed E-state index contributed by atoms with van der Waals surface area (Å²) in [6.45, 7) is 8.49. The van der Waals surface area contributed by atoms with Crippen molar-refractivity contribution in [3.63, 3.8) is 0 Å². The molecule has 2 heterocycles. The first-order chi connectivity index (χ1) is 13.0. The van der Waals surface area contributed by atoms with E-state index in [9.17, 15) is 0 Å². The molecule has 3 rings (SSSR count). The first-order valence-electron chi connectivity index (χ1n) is 9.07. The SMILES string of the molecule is CCNC(=NCc1nnc2ccccn12)NCC(C)(C)c1ccccc1Br.I. The van der Waals surface area contributed by atoms with Gasteiger partial charge < -0.3 is 10.6 Å². The molecule has 0 unspecified atom stereocenters. The van der Waals surface area contributed by atoms with Gasteiger partial charge in [-0.3, -0.25) is 4.40 Å². The molecule has 28 heavy (non-hydrogen) atoms. The van der Waals surface area contributed by atoms with E-state index in [2.05, 4.69) is 80.7 Å². The highest BCUT2D eigenvalue weighted by molar-refractivity contribution is 14.0. The number of aromatic nitrogens is 3. The van der Waals surface area contributed by atoms with Gasteiger partial charge in [-0.2, -0.15) is 0 Å². The Labute approximate surface area is 191 Å². The highest BCUT2D eigenvalue weighted by Crippen LogP contribution is 2.29. The average molecular weight is 557 g/mol. The molecule has 0 saturated carbocycles. The lowest BCUT2D eigenvalue weighted by atomic mass is 9.84. The van der Waals surface area contributed by atoms with E-state index in [1.165, 1.54) is 5.56 Å². The van der Waals surface area contributed by atoms with Crippen LogP contribution in [0, 0.1) is 0 Å². The third kappa shape index (κ3) is 5.44. The second-order valence-electron chi connectivity index (χ2n) is 6.96. The van der Waals surface area contributed by atoms with Crippen LogP contribution in [0.4, 0.5) is 0 Å². The second-order valence-corrected chi connectivity index (χ2v) is 7.81. The number of fused-ring (bicyclic) bond motifs is 1. The van der Waals surface area contributed by atoms with E-state index in [1.54, 1.807) is 0 Å². The summed E-state index contributed by atoms with van der Waals surface area (Å²) in [5.41, 5.74) is 2.03. The quantitative estimate of drug-likeness (QED) is 0.272. The van der Waals surface area contributed by atoms with Crippen molar-refractivity contribution < 1.29 is 0 Å². The van der Waals surface area contributed by atoms with E-state index in [0.29, 0.717) is 6.54 Å². The number of nitrogens with one attached hydrogen (secondary N) is 2. The summed E-state index contributed by atoms with van der Waals surface area (Å²) >= 11 is 3.66. The molecule has 0 aliphatic heterocycles. The summed E-state index contributed by atoms with van der Waals surface area (Å²) in [5.74, 6) is 1.58. The molecule has 3 aromatic rings. The maximum absolute atomic E-state index is 4.68. The highest BCUT2D eigenvalue weighted by atomic mass is 127. The predicted molar refractivity (Wildman–Crippen MR) is 128 cm³/mol. The summed E-state index contributed by atoms with van der Waals surface area (Å²) in [6, 6.07) is 14.2. The van der Waals surface area contributed by atoms with Crippen molar-refractivity contribution >= 4 is 51.5 Å². The van der Waals surface area contributed by atoms with Gasteiger partial charge in [0.25, 0.3) is 0 Å². The minimum atomic E-state index is -0.0577. The third-order valence-electron chi connectivity index (χ3n) is 4.41. The zero-order valence-electron chi connectivity index (χ0n) is 16.3. The summed E-state index contributed by atoms with van der Waals surface area (Å²) < 4.78 is 3.08. The van der Waals surface area contributed by atoms with Crippen molar-refractivity contribution in [2.24, 2.45) is 4.99 Å². The molecular formula is C20H26BrIN6. The van der Waals surface area contributed by atoms with Gasteiger partial charge >= 0.3 is 0 Å². The fourth-order valence-corrected chi connectivity index (χ4v) is 3.72. The first kappa shape index (κ1) is 22.6. The van der Waals surface area contributed by atoms with Gasteiger partial charge in [0.2, 0.25) is 0 Å². The van der Waals surface area contributed by atoms with Crippen molar-refractivity contribution in [3.05, 3.63) is 64.5 Å². The number of hydrogen-bond donors (Lipinski definition) is 2. The van der Waals surface area contributed by atoms with Crippen molar-refractivity contribution in [2.45, 2.75) is 32.7 Å². The molecule has 8 heteroatoms. The molecule has 2 aromatic heterocycles. The smallest absolute Gasteiger partial charge is 0.191 e. The molecule has 0 amide bonds. The highest BCUT2D eigenvalue weighted by Gasteiger charge is 2.23. The zero-order valence-corrected chi connectivity index (χ0v) is 20.2. The van der Waals surface area contributed by atoms with Gasteiger partial charge in [0.15, 0.2) is 17.4 Å². The Bertz CT molecular complexity index is 937. The van der Waals surface area contributed by atoms with E-state index in [1.807, 2.05) is 34.9 Å². The number of rotatable bonds is 6. The van der Waals surface area contributed by atoms with Crippen LogP contribution < -0.4 is 10.6 Å². The second kappa shape index (κ2) is 10.2. The topological polar surface area (TPSA) is 66.6 Å². The summed E-state index contributed by atoms with van der Waals surface area (Å²) in [5, 5.41) is 15.2. The number of halogens is 2. The van der Waals surface area contributed by atoms with Crippen LogP contribution in [0.2, 0.25) is 0 Å². The molecule has 0 radical (unpaired) electrons. The first-order valence-corrected chi connectivity index (χ1v) is 9.86. The Morgan fingerprint density at radius 1 is 1.11 bits per heavy atom. The lowest BCUT2D eigenvalue weighted by molar-refractivity contribution is 0.506. The Hall–Kier alpha value is -1.68. The standard InChI is InChI=1S/C20H25BrN6.HI/c1-4-22-19(23-13-18-26-25-17-11-7-8-12-27(17)18)24-14-20(2,3)15-9-5-6-10-16(15)21;/h5-12H,4,13-14H2,1-3H3,(H2,22,23,24);1H. The number of hydrogen-bond acceptors (Lipinski definition) is 3. The van der Waals surface area contributed by atoms with E-state index in [4.69, 9.17) is 0 Å². The molecule has 0 aliphatic rings. The third-order valence-corrected chi connectivity index (χ3v) is 5.10. The fraction of sp³-hybridized carbons (Fsp3) is 0.350. The van der Waals surface area contributed by atoms with E-state index < -0.39 is 0 Å². The van der Waals surface area contributed by atoms with E-state index in [0.717, 1.165) is 35.0 Å². The molecule has 0 saturated heterocycles.